The lowest BCUT2D eigenvalue weighted by molar-refractivity contribution is -0.140. The number of thioether (sulfide) groups is 1. The molecule has 0 fully saturated rings. The third kappa shape index (κ3) is 5.85. The zero-order valence-electron chi connectivity index (χ0n) is 16.7. The summed E-state index contributed by atoms with van der Waals surface area (Å²) < 4.78 is 0. The van der Waals surface area contributed by atoms with Crippen LogP contribution in [0.5, 0.6) is 0 Å². The Balaban J connectivity index is 1.62. The third-order valence-electron chi connectivity index (χ3n) is 4.56. The second-order valence-corrected chi connectivity index (χ2v) is 7.96. The molecule has 0 aliphatic carbocycles. The molecule has 0 saturated heterocycles. The average molecular weight is 456 g/mol. The summed E-state index contributed by atoms with van der Waals surface area (Å²) in [4.78, 5) is 53.6. The van der Waals surface area contributed by atoms with E-state index < -0.39 is 23.9 Å². The van der Waals surface area contributed by atoms with E-state index in [0.29, 0.717) is 16.7 Å². The molecule has 1 heterocycles. The van der Waals surface area contributed by atoms with E-state index in [0.717, 1.165) is 10.5 Å². The number of H-pyrrole nitrogens is 1. The first-order valence-corrected chi connectivity index (χ1v) is 10.5. The van der Waals surface area contributed by atoms with E-state index in [1.807, 2.05) is 6.07 Å². The number of hydrogen-bond donors (Lipinski definition) is 5. The number of nitrogens with two attached hydrogens (primary N) is 1. The number of rotatable bonds is 9. The number of nitrogens with one attached hydrogen (secondary N) is 2. The average Bonchev–Trinajstić information content (AvgIpc) is 2.75. The number of fused-ring (bicyclic) bond motifs is 1. The van der Waals surface area contributed by atoms with Crippen LogP contribution in [0.3, 0.4) is 0 Å². The molecule has 0 aliphatic heterocycles. The maximum Gasteiger partial charge on any atom is 0.326 e. The summed E-state index contributed by atoms with van der Waals surface area (Å²) in [6.45, 7) is 0. The van der Waals surface area contributed by atoms with Crippen LogP contribution in [0.15, 0.2) is 52.2 Å². The van der Waals surface area contributed by atoms with Crippen molar-refractivity contribution in [2.24, 2.45) is 0 Å². The number of carboxylic acids is 2. The molecule has 0 bridgehead atoms. The van der Waals surface area contributed by atoms with Crippen LogP contribution in [0.4, 0.5) is 5.95 Å². The van der Waals surface area contributed by atoms with Gasteiger partial charge in [-0.3, -0.25) is 19.4 Å². The van der Waals surface area contributed by atoms with Gasteiger partial charge in [-0.05, 0) is 48.4 Å². The van der Waals surface area contributed by atoms with Crippen molar-refractivity contribution < 1.29 is 24.6 Å². The highest BCUT2D eigenvalue weighted by atomic mass is 32.2. The molecule has 1 atom stereocenters. The summed E-state index contributed by atoms with van der Waals surface area (Å²) in [7, 11) is 0. The summed E-state index contributed by atoms with van der Waals surface area (Å²) >= 11 is 1.49. The number of anilines is 1. The predicted molar refractivity (Wildman–Crippen MR) is 119 cm³/mol. The van der Waals surface area contributed by atoms with Crippen LogP contribution in [0, 0.1) is 0 Å². The molecule has 32 heavy (non-hydrogen) atoms. The molecule has 166 valence electrons. The highest BCUT2D eigenvalue weighted by molar-refractivity contribution is 7.98. The summed E-state index contributed by atoms with van der Waals surface area (Å²) in [6, 6.07) is 10.6. The lowest BCUT2D eigenvalue weighted by Gasteiger charge is -2.13. The first-order valence-electron chi connectivity index (χ1n) is 9.49. The number of benzene rings is 2. The van der Waals surface area contributed by atoms with Crippen molar-refractivity contribution in [3.05, 3.63) is 63.9 Å². The molecule has 0 aliphatic rings. The lowest BCUT2D eigenvalue weighted by atomic mass is 10.1. The standard InChI is InChI=1S/C21H20N4O6S/c22-21-24-15-6-1-11(9-14(15)19(29)25-21)10-32-13-4-2-12(3-5-13)18(28)23-16(20(30)31)7-8-17(26)27/h1-6,9,16H,7-8,10H2,(H,23,28)(H,26,27)(H,30,31)(H3,22,24,25,29)/t16-/m1/s1. The summed E-state index contributed by atoms with van der Waals surface area (Å²) in [6.07, 6.45) is -0.571. The van der Waals surface area contributed by atoms with Crippen molar-refractivity contribution >= 4 is 46.5 Å². The smallest absolute Gasteiger partial charge is 0.326 e. The van der Waals surface area contributed by atoms with Crippen LogP contribution in [-0.4, -0.2) is 44.1 Å². The quantitative estimate of drug-likeness (QED) is 0.301. The van der Waals surface area contributed by atoms with Gasteiger partial charge in [0, 0.05) is 22.6 Å². The molecule has 0 unspecified atom stereocenters. The Labute approximate surface area is 185 Å². The fourth-order valence-electron chi connectivity index (χ4n) is 2.93. The Morgan fingerprint density at radius 2 is 1.84 bits per heavy atom. The Hall–Kier alpha value is -3.86. The van der Waals surface area contributed by atoms with Gasteiger partial charge >= 0.3 is 11.9 Å². The molecule has 0 radical (unpaired) electrons. The molecule has 11 heteroatoms. The molecular formula is C21H20N4O6S. The maximum atomic E-state index is 12.3. The van der Waals surface area contributed by atoms with Crippen LogP contribution >= 0.6 is 11.8 Å². The topological polar surface area (TPSA) is 175 Å². The van der Waals surface area contributed by atoms with Gasteiger partial charge in [0.05, 0.1) is 10.9 Å². The number of carbonyl (C=O) groups excluding carboxylic acids is 1. The highest BCUT2D eigenvalue weighted by Gasteiger charge is 2.21. The minimum Gasteiger partial charge on any atom is -0.481 e. The molecular weight excluding hydrogens is 436 g/mol. The Morgan fingerprint density at radius 1 is 1.12 bits per heavy atom. The summed E-state index contributed by atoms with van der Waals surface area (Å²) in [5.74, 6) is -2.39. The van der Waals surface area contributed by atoms with Crippen molar-refractivity contribution in [1.29, 1.82) is 0 Å². The molecule has 3 aromatic rings. The van der Waals surface area contributed by atoms with Crippen LogP contribution in [0.1, 0.15) is 28.8 Å². The number of nitrogens with zero attached hydrogens (tertiary/aromatic N) is 1. The van der Waals surface area contributed by atoms with E-state index in [1.54, 1.807) is 36.4 Å². The number of aliphatic carboxylic acids is 2. The number of nitrogen functional groups attached to an aromatic ring is 1. The van der Waals surface area contributed by atoms with Gasteiger partial charge in [0.25, 0.3) is 11.5 Å². The first-order chi connectivity index (χ1) is 15.2. The highest BCUT2D eigenvalue weighted by Crippen LogP contribution is 2.24. The third-order valence-corrected chi connectivity index (χ3v) is 5.64. The van der Waals surface area contributed by atoms with Crippen molar-refractivity contribution in [2.75, 3.05) is 5.73 Å². The van der Waals surface area contributed by atoms with E-state index in [1.165, 1.54) is 11.8 Å². The second-order valence-electron chi connectivity index (χ2n) is 6.91. The van der Waals surface area contributed by atoms with Gasteiger partial charge in [-0.1, -0.05) is 6.07 Å². The largest absolute Gasteiger partial charge is 0.481 e. The van der Waals surface area contributed by atoms with Gasteiger partial charge in [0.1, 0.15) is 6.04 Å². The number of aromatic amines is 1. The zero-order chi connectivity index (χ0) is 23.3. The molecule has 3 rings (SSSR count). The lowest BCUT2D eigenvalue weighted by Crippen LogP contribution is -2.41. The van der Waals surface area contributed by atoms with Gasteiger partial charge in [-0.2, -0.15) is 0 Å². The number of hydrogen-bond acceptors (Lipinski definition) is 7. The second kappa shape index (κ2) is 9.96. The van der Waals surface area contributed by atoms with Gasteiger partial charge < -0.3 is 21.3 Å². The monoisotopic (exact) mass is 456 g/mol. The molecule has 2 aromatic carbocycles. The minimum atomic E-state index is -1.29. The van der Waals surface area contributed by atoms with Crippen LogP contribution in [0.25, 0.3) is 10.9 Å². The maximum absolute atomic E-state index is 12.3. The SMILES string of the molecule is Nc1nc2ccc(CSc3ccc(C(=O)N[C@H](CCC(=O)O)C(=O)O)cc3)cc2c(=O)[nH]1. The van der Waals surface area contributed by atoms with E-state index in [4.69, 9.17) is 15.9 Å². The first kappa shape index (κ1) is 22.8. The van der Waals surface area contributed by atoms with Gasteiger partial charge in [0.2, 0.25) is 5.95 Å². The van der Waals surface area contributed by atoms with E-state index in [9.17, 15) is 19.2 Å². The van der Waals surface area contributed by atoms with Gasteiger partial charge in [-0.15, -0.1) is 11.8 Å². The Kier molecular flexibility index (Phi) is 7.11. The Bertz CT molecular complexity index is 1230. The summed E-state index contributed by atoms with van der Waals surface area (Å²) in [5, 5.41) is 20.6. The Morgan fingerprint density at radius 3 is 2.50 bits per heavy atom. The summed E-state index contributed by atoms with van der Waals surface area (Å²) in [5.41, 5.74) is 6.92. The minimum absolute atomic E-state index is 0.0605. The van der Waals surface area contributed by atoms with Gasteiger partial charge in [-0.25, -0.2) is 9.78 Å². The zero-order valence-corrected chi connectivity index (χ0v) is 17.5. The van der Waals surface area contributed by atoms with Gasteiger partial charge in [0.15, 0.2) is 0 Å². The van der Waals surface area contributed by atoms with E-state index in [-0.39, 0.29) is 29.9 Å². The predicted octanol–water partition coefficient (Wildman–Crippen LogP) is 1.85. The normalized spacial score (nSPS) is 11.8. The van der Waals surface area contributed by atoms with Crippen molar-refractivity contribution in [3.63, 3.8) is 0 Å². The van der Waals surface area contributed by atoms with Crippen molar-refractivity contribution in [3.8, 4) is 0 Å². The number of carbonyl (C=O) groups is 3. The number of carboxylic acid groups (broad SMARTS) is 2. The molecule has 6 N–H and O–H groups in total. The van der Waals surface area contributed by atoms with Crippen LogP contribution in [0.2, 0.25) is 0 Å². The number of aromatic nitrogens is 2. The van der Waals surface area contributed by atoms with E-state index >= 15 is 0 Å². The molecule has 10 nitrogen and oxygen atoms in total. The number of amides is 1. The van der Waals surface area contributed by atoms with E-state index in [2.05, 4.69) is 15.3 Å². The van der Waals surface area contributed by atoms with Crippen LogP contribution < -0.4 is 16.6 Å². The molecule has 1 aromatic heterocycles. The fraction of sp³-hybridized carbons (Fsp3) is 0.190. The van der Waals surface area contributed by atoms with Crippen molar-refractivity contribution in [2.45, 2.75) is 29.5 Å². The molecule has 0 spiro atoms. The van der Waals surface area contributed by atoms with Crippen molar-refractivity contribution in [1.82, 2.24) is 15.3 Å². The molecule has 0 saturated carbocycles. The fourth-order valence-corrected chi connectivity index (χ4v) is 3.77. The molecule has 1 amide bonds. The van der Waals surface area contributed by atoms with Crippen LogP contribution in [-0.2, 0) is 15.3 Å².